The first-order chi connectivity index (χ1) is 30.2. The molecule has 0 aliphatic heterocycles. The SMILES string of the molecule is C=C(C)C(=O)OCCOc1ccc(C(=O)Oc2ccc(C3(c4ccc(OC(=O)c5ccc(OCCOC(=O)C(=C)C)cc5F)cc4)CCC(C4CCC(C)CC4)CC3)cc2)c(F)c1. The number of hydrogen-bond acceptors (Lipinski definition) is 10. The van der Waals surface area contributed by atoms with Gasteiger partial charge in [-0.2, -0.15) is 0 Å². The summed E-state index contributed by atoms with van der Waals surface area (Å²) in [7, 11) is 0. The molecule has 2 aliphatic rings. The topological polar surface area (TPSA) is 124 Å². The van der Waals surface area contributed by atoms with Crippen molar-refractivity contribution in [3.8, 4) is 23.0 Å². The minimum Gasteiger partial charge on any atom is -0.490 e. The van der Waals surface area contributed by atoms with Crippen LogP contribution in [0.2, 0.25) is 0 Å². The Morgan fingerprint density at radius 3 is 1.32 bits per heavy atom. The van der Waals surface area contributed by atoms with Gasteiger partial charge in [0.2, 0.25) is 0 Å². The van der Waals surface area contributed by atoms with Gasteiger partial charge in [0.15, 0.2) is 0 Å². The van der Waals surface area contributed by atoms with Gasteiger partial charge in [-0.3, -0.25) is 0 Å². The Hall–Kier alpha value is -6.30. The molecule has 2 fully saturated rings. The summed E-state index contributed by atoms with van der Waals surface area (Å²) >= 11 is 0. The summed E-state index contributed by atoms with van der Waals surface area (Å²) in [4.78, 5) is 49.3. The lowest BCUT2D eigenvalue weighted by molar-refractivity contribution is -0.140. The molecule has 0 spiro atoms. The molecule has 2 aliphatic carbocycles. The first-order valence-corrected chi connectivity index (χ1v) is 21.4. The van der Waals surface area contributed by atoms with Crippen molar-refractivity contribution in [2.75, 3.05) is 26.4 Å². The van der Waals surface area contributed by atoms with Crippen LogP contribution in [-0.4, -0.2) is 50.3 Å². The van der Waals surface area contributed by atoms with Gasteiger partial charge in [0.25, 0.3) is 0 Å². The summed E-state index contributed by atoms with van der Waals surface area (Å²) < 4.78 is 62.2. The second-order valence-electron chi connectivity index (χ2n) is 16.6. The van der Waals surface area contributed by atoms with Crippen molar-refractivity contribution in [2.24, 2.45) is 17.8 Å². The Kier molecular flexibility index (Phi) is 15.5. The predicted octanol–water partition coefficient (Wildman–Crippen LogP) is 10.7. The van der Waals surface area contributed by atoms with E-state index >= 15 is 8.78 Å². The third-order valence-corrected chi connectivity index (χ3v) is 12.0. The molecule has 0 amide bonds. The van der Waals surface area contributed by atoms with Crippen LogP contribution in [0.5, 0.6) is 23.0 Å². The molecule has 0 saturated heterocycles. The highest BCUT2D eigenvalue weighted by atomic mass is 19.1. The Morgan fingerprint density at radius 1 is 0.556 bits per heavy atom. The molecular weight excluding hydrogens is 811 g/mol. The molecule has 6 rings (SSSR count). The zero-order valence-corrected chi connectivity index (χ0v) is 36.1. The molecule has 0 heterocycles. The Bertz CT molecular complexity index is 2140. The summed E-state index contributed by atoms with van der Waals surface area (Å²) in [6, 6.07) is 22.2. The zero-order valence-electron chi connectivity index (χ0n) is 36.1. The maximum absolute atomic E-state index is 15.0. The standard InChI is InChI=1S/C51H54F2O10/c1-32(2)47(54)60-28-26-58-41-18-20-43(45(52)30-41)49(56)62-39-14-10-37(11-15-39)51(24-22-36(23-25-51)35-8-6-34(5)7-9-35)38-12-16-40(17-13-38)63-50(57)44-21-19-42(31-46(44)53)59-27-29-61-48(55)33(3)4/h10-21,30-31,34-36H,1,3,6-9,22-29H2,2,4-5H3. The van der Waals surface area contributed by atoms with Crippen molar-refractivity contribution in [2.45, 2.75) is 77.6 Å². The second-order valence-corrected chi connectivity index (χ2v) is 16.6. The lowest BCUT2D eigenvalue weighted by Crippen LogP contribution is -2.35. The summed E-state index contributed by atoms with van der Waals surface area (Å²) in [6.07, 6.45) is 8.90. The predicted molar refractivity (Wildman–Crippen MR) is 232 cm³/mol. The molecule has 0 aromatic heterocycles. The van der Waals surface area contributed by atoms with E-state index in [0.29, 0.717) is 11.8 Å². The molecule has 0 N–H and O–H groups in total. The van der Waals surface area contributed by atoms with Gasteiger partial charge in [-0.1, -0.05) is 57.2 Å². The highest BCUT2D eigenvalue weighted by Crippen LogP contribution is 2.50. The summed E-state index contributed by atoms with van der Waals surface area (Å²) in [6.45, 7) is 12.3. The number of carbonyl (C=O) groups excluding carboxylic acids is 4. The average molecular weight is 865 g/mol. The van der Waals surface area contributed by atoms with Crippen molar-refractivity contribution in [1.29, 1.82) is 0 Å². The quantitative estimate of drug-likeness (QED) is 0.0438. The lowest BCUT2D eigenvalue weighted by atomic mass is 9.60. The van der Waals surface area contributed by atoms with Gasteiger partial charge < -0.3 is 28.4 Å². The average Bonchev–Trinajstić information content (AvgIpc) is 3.27. The Balaban J connectivity index is 1.12. The number of halogens is 2. The summed E-state index contributed by atoms with van der Waals surface area (Å²) in [5.74, 6) is -1.56. The molecule has 0 radical (unpaired) electrons. The molecule has 4 aromatic carbocycles. The van der Waals surface area contributed by atoms with Crippen LogP contribution in [0.25, 0.3) is 0 Å². The molecule has 12 heteroatoms. The molecule has 0 atom stereocenters. The van der Waals surface area contributed by atoms with E-state index in [1.54, 1.807) is 24.3 Å². The van der Waals surface area contributed by atoms with Crippen LogP contribution in [0.4, 0.5) is 8.78 Å². The molecule has 0 bridgehead atoms. The van der Waals surface area contributed by atoms with Gasteiger partial charge >= 0.3 is 23.9 Å². The normalized spacial score (nSPS) is 17.2. The second kappa shape index (κ2) is 21.2. The molecule has 4 aromatic rings. The van der Waals surface area contributed by atoms with Crippen LogP contribution in [0.3, 0.4) is 0 Å². The number of hydrogen-bond donors (Lipinski definition) is 0. The molecule has 2 saturated carbocycles. The van der Waals surface area contributed by atoms with Crippen molar-refractivity contribution >= 4 is 23.9 Å². The number of rotatable bonds is 17. The number of ether oxygens (including phenoxy) is 6. The van der Waals surface area contributed by atoms with Crippen molar-refractivity contribution in [3.05, 3.63) is 143 Å². The first-order valence-electron chi connectivity index (χ1n) is 21.4. The van der Waals surface area contributed by atoms with Gasteiger partial charge in [-0.15, -0.1) is 0 Å². The number of carbonyl (C=O) groups is 4. The van der Waals surface area contributed by atoms with Crippen molar-refractivity contribution < 1.29 is 56.4 Å². The van der Waals surface area contributed by atoms with Crippen LogP contribution >= 0.6 is 0 Å². The summed E-state index contributed by atoms with van der Waals surface area (Å²) in [5, 5.41) is 0. The van der Waals surface area contributed by atoms with Crippen LogP contribution in [0.1, 0.15) is 104 Å². The highest BCUT2D eigenvalue weighted by molar-refractivity contribution is 5.92. The zero-order chi connectivity index (χ0) is 45.1. The Morgan fingerprint density at radius 2 is 0.937 bits per heavy atom. The van der Waals surface area contributed by atoms with Gasteiger partial charge in [0.05, 0.1) is 11.1 Å². The van der Waals surface area contributed by atoms with Crippen molar-refractivity contribution in [1.82, 2.24) is 0 Å². The monoisotopic (exact) mass is 864 g/mol. The van der Waals surface area contributed by atoms with E-state index in [0.717, 1.165) is 54.9 Å². The summed E-state index contributed by atoms with van der Waals surface area (Å²) in [5.41, 5.74) is 1.65. The van der Waals surface area contributed by atoms with E-state index in [1.807, 2.05) is 24.3 Å². The van der Waals surface area contributed by atoms with E-state index in [-0.39, 0.29) is 77.1 Å². The maximum atomic E-state index is 15.0. The third kappa shape index (κ3) is 12.0. The molecule has 10 nitrogen and oxygen atoms in total. The smallest absolute Gasteiger partial charge is 0.346 e. The van der Waals surface area contributed by atoms with E-state index in [9.17, 15) is 19.2 Å². The van der Waals surface area contributed by atoms with Crippen LogP contribution < -0.4 is 18.9 Å². The minimum absolute atomic E-state index is 0.0111. The molecular formula is C51H54F2O10. The van der Waals surface area contributed by atoms with Gasteiger partial charge in [-0.25, -0.2) is 28.0 Å². The molecule has 63 heavy (non-hydrogen) atoms. The number of esters is 4. The van der Waals surface area contributed by atoms with E-state index in [1.165, 1.54) is 63.8 Å². The molecule has 0 unspecified atom stereocenters. The fourth-order valence-electron chi connectivity index (χ4n) is 8.45. The van der Waals surface area contributed by atoms with E-state index in [4.69, 9.17) is 28.4 Å². The van der Waals surface area contributed by atoms with Crippen LogP contribution in [-0.2, 0) is 24.5 Å². The van der Waals surface area contributed by atoms with Gasteiger partial charge in [0.1, 0.15) is 61.1 Å². The largest absolute Gasteiger partial charge is 0.490 e. The number of benzene rings is 4. The van der Waals surface area contributed by atoms with Crippen molar-refractivity contribution in [3.63, 3.8) is 0 Å². The Labute approximate surface area is 367 Å². The van der Waals surface area contributed by atoms with Crippen LogP contribution in [0.15, 0.2) is 109 Å². The molecule has 332 valence electrons. The highest BCUT2D eigenvalue weighted by Gasteiger charge is 2.41. The first kappa shape index (κ1) is 46.2. The van der Waals surface area contributed by atoms with Gasteiger partial charge in [-0.05, 0) is 130 Å². The van der Waals surface area contributed by atoms with Crippen LogP contribution in [0, 0.1) is 29.4 Å². The fraction of sp³-hybridized carbons (Fsp3) is 0.373. The van der Waals surface area contributed by atoms with Gasteiger partial charge in [0, 0.05) is 28.7 Å². The maximum Gasteiger partial charge on any atom is 0.346 e. The lowest BCUT2D eigenvalue weighted by Gasteiger charge is -2.44. The fourth-order valence-corrected chi connectivity index (χ4v) is 8.45. The third-order valence-electron chi connectivity index (χ3n) is 12.0. The van der Waals surface area contributed by atoms with E-state index < -0.39 is 35.5 Å². The minimum atomic E-state index is -0.868. The van der Waals surface area contributed by atoms with E-state index in [2.05, 4.69) is 20.1 Å².